The van der Waals surface area contributed by atoms with Crippen molar-refractivity contribution in [1.29, 1.82) is 0 Å². The van der Waals surface area contributed by atoms with Crippen LogP contribution in [0, 0.1) is 12.8 Å². The fraction of sp³-hybridized carbons (Fsp3) is 0.636. The van der Waals surface area contributed by atoms with Crippen LogP contribution < -0.4 is 5.48 Å². The van der Waals surface area contributed by atoms with Gasteiger partial charge in [-0.1, -0.05) is 19.3 Å². The predicted octanol–water partition coefficient (Wildman–Crippen LogP) is 0.915. The molecule has 1 fully saturated rings. The molecule has 1 rings (SSSR count). The summed E-state index contributed by atoms with van der Waals surface area (Å²) < 4.78 is 0. The molecule has 1 amide bonds. The van der Waals surface area contributed by atoms with Crippen LogP contribution in [0.2, 0.25) is 0 Å². The number of carbonyl (C=O) groups excluding carboxylic acids is 2. The Kier molecular flexibility index (Phi) is 5.11. The number of nitrogens with zero attached hydrogens (tertiary/aromatic N) is 1. The maximum Gasteiger partial charge on any atom is 0.285 e. The Hall–Kier alpha value is -1.23. The van der Waals surface area contributed by atoms with Gasteiger partial charge in [0.05, 0.1) is 6.21 Å². The quantitative estimate of drug-likeness (QED) is 0.424. The van der Waals surface area contributed by atoms with Crippen molar-refractivity contribution in [2.24, 2.45) is 10.9 Å². The summed E-state index contributed by atoms with van der Waals surface area (Å²) in [6.45, 7) is 3.61. The minimum Gasteiger partial charge on any atom is -0.297 e. The van der Waals surface area contributed by atoms with Crippen molar-refractivity contribution in [3.05, 3.63) is 6.92 Å². The summed E-state index contributed by atoms with van der Waals surface area (Å²) in [5, 5.41) is 8.24. The second-order valence-corrected chi connectivity index (χ2v) is 4.01. The van der Waals surface area contributed by atoms with Gasteiger partial charge in [-0.25, -0.2) is 5.48 Å². The van der Waals surface area contributed by atoms with E-state index in [1.165, 1.54) is 11.9 Å². The molecule has 0 aromatic carbocycles. The van der Waals surface area contributed by atoms with Crippen molar-refractivity contribution in [3.8, 4) is 0 Å². The molecule has 0 bridgehead atoms. The zero-order chi connectivity index (χ0) is 12.0. The van der Waals surface area contributed by atoms with Gasteiger partial charge in [-0.2, -0.15) is 0 Å². The number of hydroxylamine groups is 1. The third kappa shape index (κ3) is 3.73. The van der Waals surface area contributed by atoms with Gasteiger partial charge in [0.15, 0.2) is 5.78 Å². The van der Waals surface area contributed by atoms with E-state index in [1.807, 2.05) is 0 Å². The molecule has 16 heavy (non-hydrogen) atoms. The largest absolute Gasteiger partial charge is 0.297 e. The second-order valence-electron chi connectivity index (χ2n) is 4.01. The van der Waals surface area contributed by atoms with Crippen molar-refractivity contribution >= 4 is 17.9 Å². The first kappa shape index (κ1) is 12.8. The molecule has 1 atom stereocenters. The third-order valence-corrected chi connectivity index (χ3v) is 2.82. The van der Waals surface area contributed by atoms with Gasteiger partial charge in [-0.15, -0.1) is 0 Å². The van der Waals surface area contributed by atoms with Crippen LogP contribution in [0.4, 0.5) is 0 Å². The summed E-state index contributed by atoms with van der Waals surface area (Å²) in [7, 11) is 0. The van der Waals surface area contributed by atoms with Gasteiger partial charge >= 0.3 is 0 Å². The molecule has 5 heteroatoms. The fourth-order valence-corrected chi connectivity index (χ4v) is 1.92. The first-order valence-corrected chi connectivity index (χ1v) is 5.49. The maximum absolute atomic E-state index is 11.8. The van der Waals surface area contributed by atoms with Crippen LogP contribution in [-0.4, -0.2) is 29.2 Å². The highest BCUT2D eigenvalue weighted by molar-refractivity contribution is 6.26. The van der Waals surface area contributed by atoms with Crippen molar-refractivity contribution in [1.82, 2.24) is 5.48 Å². The molecule has 0 unspecified atom stereocenters. The molecule has 5 nitrogen and oxygen atoms in total. The number of amides is 1. The van der Waals surface area contributed by atoms with E-state index < -0.39 is 11.9 Å². The first-order valence-electron chi connectivity index (χ1n) is 5.49. The standard InChI is InChI=1S/C11H17N2O3/c1-8(12-7-10(14)13-16)11(15)9-5-3-2-4-6-9/h7-9,16H,1-6H2,(H,13,14)/t8-/m0/s1. The molecule has 0 saturated heterocycles. The number of rotatable bonds is 4. The van der Waals surface area contributed by atoms with Gasteiger partial charge in [0, 0.05) is 5.92 Å². The minimum absolute atomic E-state index is 0.0123. The van der Waals surface area contributed by atoms with Gasteiger partial charge in [0.25, 0.3) is 5.91 Å². The molecule has 0 heterocycles. The smallest absolute Gasteiger partial charge is 0.285 e. The minimum atomic E-state index is -0.750. The Morgan fingerprint density at radius 1 is 1.38 bits per heavy atom. The Morgan fingerprint density at radius 2 is 2.00 bits per heavy atom. The number of aliphatic imine (C=N–C) groups is 1. The number of hydrogen-bond acceptors (Lipinski definition) is 4. The summed E-state index contributed by atoms with van der Waals surface area (Å²) in [5.41, 5.74) is 1.41. The van der Waals surface area contributed by atoms with E-state index in [4.69, 9.17) is 5.21 Å². The molecular formula is C11H17N2O3. The lowest BCUT2D eigenvalue weighted by Gasteiger charge is -2.21. The average Bonchev–Trinajstić information content (AvgIpc) is 2.35. The van der Waals surface area contributed by atoms with Gasteiger partial charge < -0.3 is 0 Å². The van der Waals surface area contributed by atoms with Crippen LogP contribution in [0.15, 0.2) is 4.99 Å². The molecule has 0 aromatic heterocycles. The van der Waals surface area contributed by atoms with Crippen LogP contribution in [0.3, 0.4) is 0 Å². The van der Waals surface area contributed by atoms with Crippen LogP contribution in [0.5, 0.6) is 0 Å². The van der Waals surface area contributed by atoms with Crippen molar-refractivity contribution in [2.45, 2.75) is 38.1 Å². The highest BCUT2D eigenvalue weighted by Gasteiger charge is 2.24. The lowest BCUT2D eigenvalue weighted by molar-refractivity contribution is -0.124. The van der Waals surface area contributed by atoms with E-state index in [0.29, 0.717) is 0 Å². The van der Waals surface area contributed by atoms with E-state index >= 15 is 0 Å². The second kappa shape index (κ2) is 6.37. The van der Waals surface area contributed by atoms with E-state index in [0.717, 1.165) is 31.9 Å². The summed E-state index contributed by atoms with van der Waals surface area (Å²) in [5.74, 6) is -0.725. The van der Waals surface area contributed by atoms with Crippen LogP contribution in [0.25, 0.3) is 0 Å². The summed E-state index contributed by atoms with van der Waals surface area (Å²) in [6.07, 6.45) is 6.01. The number of nitrogens with one attached hydrogen (secondary N) is 1. The summed E-state index contributed by atoms with van der Waals surface area (Å²) in [6, 6.07) is -0.750. The highest BCUT2D eigenvalue weighted by atomic mass is 16.5. The van der Waals surface area contributed by atoms with Crippen molar-refractivity contribution in [3.63, 3.8) is 0 Å². The average molecular weight is 225 g/mol. The number of ketones is 1. The summed E-state index contributed by atoms with van der Waals surface area (Å²) >= 11 is 0. The van der Waals surface area contributed by atoms with Crippen molar-refractivity contribution in [2.75, 3.05) is 0 Å². The van der Waals surface area contributed by atoms with Gasteiger partial charge in [0.2, 0.25) is 0 Å². The number of carbonyl (C=O) groups is 2. The number of Topliss-reactive ketones (excluding diaryl/α,β-unsaturated/α-hetero) is 1. The molecule has 0 spiro atoms. The molecule has 89 valence electrons. The van der Waals surface area contributed by atoms with Gasteiger partial charge in [-0.05, 0) is 19.8 Å². The monoisotopic (exact) mass is 225 g/mol. The fourth-order valence-electron chi connectivity index (χ4n) is 1.92. The third-order valence-electron chi connectivity index (χ3n) is 2.82. The van der Waals surface area contributed by atoms with Gasteiger partial charge in [0.1, 0.15) is 6.04 Å². The molecule has 1 aliphatic rings. The topological polar surface area (TPSA) is 78.8 Å². The normalized spacial score (nSPS) is 19.6. The first-order chi connectivity index (χ1) is 7.65. The molecule has 2 N–H and O–H groups in total. The molecule has 0 aromatic rings. The van der Waals surface area contributed by atoms with E-state index in [9.17, 15) is 9.59 Å². The molecular weight excluding hydrogens is 208 g/mol. The Morgan fingerprint density at radius 3 is 2.56 bits per heavy atom. The molecule has 1 radical (unpaired) electrons. The van der Waals surface area contributed by atoms with Crippen LogP contribution in [0.1, 0.15) is 32.1 Å². The van der Waals surface area contributed by atoms with E-state index in [-0.39, 0.29) is 11.7 Å². The maximum atomic E-state index is 11.8. The van der Waals surface area contributed by atoms with E-state index in [1.54, 1.807) is 0 Å². The highest BCUT2D eigenvalue weighted by Crippen LogP contribution is 2.25. The number of hydrogen-bond donors (Lipinski definition) is 2. The summed E-state index contributed by atoms with van der Waals surface area (Å²) in [4.78, 5) is 26.2. The zero-order valence-corrected chi connectivity index (χ0v) is 9.19. The van der Waals surface area contributed by atoms with Crippen LogP contribution >= 0.6 is 0 Å². The van der Waals surface area contributed by atoms with Crippen molar-refractivity contribution < 1.29 is 14.8 Å². The Balaban J connectivity index is 2.46. The van der Waals surface area contributed by atoms with Gasteiger partial charge in [-0.3, -0.25) is 19.8 Å². The molecule has 0 aliphatic heterocycles. The Bertz CT molecular complexity index is 283. The SMILES string of the molecule is [CH2][C@H](N=CC(=O)NO)C(=O)C1CCCCC1. The lowest BCUT2D eigenvalue weighted by atomic mass is 9.84. The lowest BCUT2D eigenvalue weighted by Crippen LogP contribution is -2.28. The predicted molar refractivity (Wildman–Crippen MR) is 59.1 cm³/mol. The van der Waals surface area contributed by atoms with E-state index in [2.05, 4.69) is 11.9 Å². The zero-order valence-electron chi connectivity index (χ0n) is 9.19. The Labute approximate surface area is 94.9 Å². The van der Waals surface area contributed by atoms with Crippen LogP contribution in [-0.2, 0) is 9.59 Å². The molecule has 1 aliphatic carbocycles. The molecule has 1 saturated carbocycles.